The molecule has 0 spiro atoms. The first-order chi connectivity index (χ1) is 13.0. The molecule has 6 nitrogen and oxygen atoms in total. The van der Waals surface area contributed by atoms with Crippen molar-refractivity contribution in [2.75, 3.05) is 19.8 Å². The number of piperidine rings is 1. The van der Waals surface area contributed by atoms with Crippen molar-refractivity contribution in [1.29, 1.82) is 0 Å². The van der Waals surface area contributed by atoms with Crippen molar-refractivity contribution >= 4 is 7.60 Å². The second kappa shape index (κ2) is 10.9. The van der Waals surface area contributed by atoms with E-state index in [1.807, 2.05) is 32.8 Å². The zero-order valence-corrected chi connectivity index (χ0v) is 20.1. The second-order valence-corrected chi connectivity index (χ2v) is 11.5. The minimum atomic E-state index is -3.67. The van der Waals surface area contributed by atoms with E-state index < -0.39 is 24.0 Å². The first-order valence-electron chi connectivity index (χ1n) is 11.0. The van der Waals surface area contributed by atoms with Crippen LogP contribution in [-0.2, 0) is 18.5 Å². The van der Waals surface area contributed by atoms with E-state index in [4.69, 9.17) is 13.9 Å². The molecular formula is C21H44NO5P. The Bertz CT molecular complexity index is 481. The number of nitrogens with zero attached hydrogens (tertiary/aromatic N) is 1. The number of hydrogen-bond acceptors (Lipinski definition) is 6. The Labute approximate surface area is 172 Å². The summed E-state index contributed by atoms with van der Waals surface area (Å²) in [6, 6.07) is 0. The SMILES string of the molecule is CCCCCCCCON1C(C)(C)CC(O)(P(=O)(OCC)OCC)CC1(C)C. The van der Waals surface area contributed by atoms with Crippen LogP contribution in [-0.4, -0.2) is 46.4 Å². The van der Waals surface area contributed by atoms with E-state index in [2.05, 4.69) is 6.92 Å². The molecule has 0 aromatic heterocycles. The van der Waals surface area contributed by atoms with Gasteiger partial charge in [0.2, 0.25) is 0 Å². The average molecular weight is 422 g/mol. The van der Waals surface area contributed by atoms with E-state index in [1.54, 1.807) is 13.8 Å². The predicted molar refractivity (Wildman–Crippen MR) is 114 cm³/mol. The van der Waals surface area contributed by atoms with Crippen molar-refractivity contribution in [3.05, 3.63) is 0 Å². The fourth-order valence-electron chi connectivity index (χ4n) is 4.61. The summed E-state index contributed by atoms with van der Waals surface area (Å²) in [5, 5.41) is 11.9. The van der Waals surface area contributed by atoms with Gasteiger partial charge >= 0.3 is 7.60 Å². The van der Waals surface area contributed by atoms with Crippen LogP contribution in [0.3, 0.4) is 0 Å². The van der Waals surface area contributed by atoms with Crippen molar-refractivity contribution in [2.45, 2.75) is 116 Å². The molecule has 1 fully saturated rings. The molecule has 0 amide bonds. The van der Waals surface area contributed by atoms with Crippen LogP contribution in [0, 0.1) is 0 Å². The minimum absolute atomic E-state index is 0.235. The number of hydroxylamine groups is 2. The number of hydrogen-bond donors (Lipinski definition) is 1. The van der Waals surface area contributed by atoms with Crippen LogP contribution in [0.5, 0.6) is 0 Å². The quantitative estimate of drug-likeness (QED) is 0.296. The smallest absolute Gasteiger partial charge is 0.362 e. The van der Waals surface area contributed by atoms with E-state index in [1.165, 1.54) is 32.1 Å². The summed E-state index contributed by atoms with van der Waals surface area (Å²) in [6.07, 6.45) is 7.79. The summed E-state index contributed by atoms with van der Waals surface area (Å²) >= 11 is 0. The molecule has 1 aliphatic heterocycles. The molecule has 0 aliphatic carbocycles. The molecule has 0 aromatic rings. The van der Waals surface area contributed by atoms with Gasteiger partial charge in [-0.2, -0.15) is 5.06 Å². The van der Waals surface area contributed by atoms with Crippen LogP contribution < -0.4 is 0 Å². The van der Waals surface area contributed by atoms with Crippen molar-refractivity contribution in [3.8, 4) is 0 Å². The molecule has 1 heterocycles. The summed E-state index contributed by atoms with van der Waals surface area (Å²) in [5.41, 5.74) is -1.02. The first kappa shape index (κ1) is 26.1. The third-order valence-electron chi connectivity index (χ3n) is 5.36. The average Bonchev–Trinajstić information content (AvgIpc) is 2.55. The molecule has 0 radical (unpaired) electrons. The van der Waals surface area contributed by atoms with Gasteiger partial charge in [-0.15, -0.1) is 0 Å². The van der Waals surface area contributed by atoms with E-state index in [0.717, 1.165) is 6.42 Å². The van der Waals surface area contributed by atoms with Crippen LogP contribution in [0.1, 0.15) is 99.8 Å². The maximum atomic E-state index is 13.4. The van der Waals surface area contributed by atoms with Gasteiger partial charge in [-0.1, -0.05) is 39.0 Å². The molecular weight excluding hydrogens is 377 g/mol. The van der Waals surface area contributed by atoms with Crippen LogP contribution >= 0.6 is 7.60 Å². The maximum absolute atomic E-state index is 13.4. The molecule has 1 N–H and O–H groups in total. The Kier molecular flexibility index (Phi) is 10.1. The lowest BCUT2D eigenvalue weighted by Crippen LogP contribution is -2.65. The highest BCUT2D eigenvalue weighted by Gasteiger charge is 2.61. The fraction of sp³-hybridized carbons (Fsp3) is 1.00. The third kappa shape index (κ3) is 6.52. The molecule has 0 bridgehead atoms. The van der Waals surface area contributed by atoms with Crippen LogP contribution in [0.4, 0.5) is 0 Å². The van der Waals surface area contributed by atoms with Gasteiger partial charge < -0.3 is 14.2 Å². The highest BCUT2D eigenvalue weighted by Crippen LogP contribution is 2.66. The summed E-state index contributed by atoms with van der Waals surface area (Å²) in [7, 11) is -3.67. The number of unbranched alkanes of at least 4 members (excludes halogenated alkanes) is 5. The molecule has 1 aliphatic rings. The van der Waals surface area contributed by atoms with Gasteiger partial charge in [-0.25, -0.2) is 0 Å². The topological polar surface area (TPSA) is 68.2 Å². The van der Waals surface area contributed by atoms with Crippen LogP contribution in [0.15, 0.2) is 0 Å². The van der Waals surface area contributed by atoms with E-state index in [0.29, 0.717) is 6.61 Å². The molecule has 1 saturated heterocycles. The molecule has 0 unspecified atom stereocenters. The fourth-order valence-corrected chi connectivity index (χ4v) is 7.01. The Morgan fingerprint density at radius 3 is 1.79 bits per heavy atom. The highest BCUT2D eigenvalue weighted by molar-refractivity contribution is 7.55. The summed E-state index contributed by atoms with van der Waals surface area (Å²) in [4.78, 5) is 6.20. The molecule has 0 aromatic carbocycles. The Morgan fingerprint density at radius 2 is 1.32 bits per heavy atom. The standard InChI is InChI=1S/C21H44NO5P/c1-8-11-12-13-14-15-16-25-22-19(4,5)17-21(23,18-20(22,6)7)28(24,26-9-2)27-10-3/h23H,8-18H2,1-7H3. The first-order valence-corrected chi connectivity index (χ1v) is 12.6. The summed E-state index contributed by atoms with van der Waals surface area (Å²) in [5.74, 6) is 0. The van der Waals surface area contributed by atoms with Crippen molar-refractivity contribution in [1.82, 2.24) is 5.06 Å². The van der Waals surface area contributed by atoms with Gasteiger partial charge in [0.15, 0.2) is 5.34 Å². The maximum Gasteiger partial charge on any atom is 0.362 e. The third-order valence-corrected chi connectivity index (χ3v) is 7.89. The largest absolute Gasteiger partial charge is 0.377 e. The Morgan fingerprint density at radius 1 is 0.857 bits per heavy atom. The van der Waals surface area contributed by atoms with Gasteiger partial charge in [0.1, 0.15) is 0 Å². The van der Waals surface area contributed by atoms with Gasteiger partial charge in [0.25, 0.3) is 0 Å². The zero-order valence-electron chi connectivity index (χ0n) is 19.3. The van der Waals surface area contributed by atoms with Crippen molar-refractivity contribution in [3.63, 3.8) is 0 Å². The van der Waals surface area contributed by atoms with Crippen molar-refractivity contribution in [2.24, 2.45) is 0 Å². The molecule has 1 rings (SSSR count). The lowest BCUT2D eigenvalue weighted by atomic mass is 9.80. The second-order valence-electron chi connectivity index (χ2n) is 9.19. The monoisotopic (exact) mass is 421 g/mol. The highest BCUT2D eigenvalue weighted by atomic mass is 31.2. The zero-order chi connectivity index (χ0) is 21.5. The molecule has 0 saturated carbocycles. The van der Waals surface area contributed by atoms with E-state index >= 15 is 0 Å². The lowest BCUT2D eigenvalue weighted by Gasteiger charge is -2.57. The molecule has 28 heavy (non-hydrogen) atoms. The molecule has 0 atom stereocenters. The van der Waals surface area contributed by atoms with Gasteiger partial charge in [0, 0.05) is 23.9 Å². The molecule has 168 valence electrons. The molecule has 7 heteroatoms. The predicted octanol–water partition coefficient (Wildman–Crippen LogP) is 5.89. The Hall–Kier alpha value is 0.0300. The van der Waals surface area contributed by atoms with Gasteiger partial charge in [0.05, 0.1) is 19.8 Å². The van der Waals surface area contributed by atoms with Crippen LogP contribution in [0.25, 0.3) is 0 Å². The normalized spacial score (nSPS) is 21.7. The van der Waals surface area contributed by atoms with E-state index in [9.17, 15) is 9.67 Å². The summed E-state index contributed by atoms with van der Waals surface area (Å²) < 4.78 is 24.4. The van der Waals surface area contributed by atoms with Crippen LogP contribution in [0.2, 0.25) is 0 Å². The number of rotatable bonds is 13. The lowest BCUT2D eigenvalue weighted by molar-refractivity contribution is -0.298. The van der Waals surface area contributed by atoms with Gasteiger partial charge in [-0.05, 0) is 48.0 Å². The van der Waals surface area contributed by atoms with Crippen molar-refractivity contribution < 1.29 is 23.6 Å². The van der Waals surface area contributed by atoms with E-state index in [-0.39, 0.29) is 26.1 Å². The Balaban J connectivity index is 2.82. The minimum Gasteiger partial charge on any atom is -0.377 e. The summed E-state index contributed by atoms with van der Waals surface area (Å²) in [6.45, 7) is 15.0. The van der Waals surface area contributed by atoms with Gasteiger partial charge in [-0.3, -0.25) is 9.40 Å². The number of aliphatic hydroxyl groups is 1.